The van der Waals surface area contributed by atoms with E-state index in [0.29, 0.717) is 5.69 Å². The number of hydrogen-bond acceptors (Lipinski definition) is 8. The molecule has 1 heterocycles. The number of allylic oxidation sites excluding steroid dienone is 4. The van der Waals surface area contributed by atoms with Crippen molar-refractivity contribution in [1.29, 1.82) is 0 Å². The Morgan fingerprint density at radius 1 is 1.06 bits per heavy atom. The molecule has 1 aliphatic carbocycles. The molecule has 0 amide bonds. The van der Waals surface area contributed by atoms with Crippen LogP contribution in [0.4, 0.5) is 5.69 Å². The van der Waals surface area contributed by atoms with Crippen molar-refractivity contribution in [3.05, 3.63) is 64.1 Å². The number of para-hydroxylation sites is 2. The van der Waals surface area contributed by atoms with Gasteiger partial charge in [0.1, 0.15) is 39.7 Å². The zero-order chi connectivity index (χ0) is 23.5. The first kappa shape index (κ1) is 21.2. The number of phenols is 3. The fourth-order valence-corrected chi connectivity index (χ4v) is 4.21. The Morgan fingerprint density at radius 2 is 1.72 bits per heavy atom. The van der Waals surface area contributed by atoms with Crippen molar-refractivity contribution in [1.82, 2.24) is 0 Å². The lowest BCUT2D eigenvalue weighted by Gasteiger charge is -2.29. The minimum absolute atomic E-state index is 0.0228. The van der Waals surface area contributed by atoms with Crippen LogP contribution in [0.3, 0.4) is 0 Å². The molecule has 32 heavy (non-hydrogen) atoms. The number of benzene rings is 2. The van der Waals surface area contributed by atoms with E-state index in [1.807, 2.05) is 0 Å². The highest BCUT2D eigenvalue weighted by molar-refractivity contribution is 6.31. The molecular formula is C24H21NO7. The van der Waals surface area contributed by atoms with Gasteiger partial charge in [0.05, 0.1) is 16.8 Å². The first-order valence-corrected chi connectivity index (χ1v) is 9.85. The third kappa shape index (κ3) is 2.72. The Labute approximate surface area is 183 Å². The Kier molecular flexibility index (Phi) is 4.62. The number of aromatic hydroxyl groups is 3. The van der Waals surface area contributed by atoms with Gasteiger partial charge in [-0.3, -0.25) is 14.4 Å². The third-order valence-electron chi connectivity index (χ3n) is 5.99. The van der Waals surface area contributed by atoms with Crippen LogP contribution < -0.4 is 10.1 Å². The van der Waals surface area contributed by atoms with Gasteiger partial charge < -0.3 is 25.4 Å². The lowest BCUT2D eigenvalue weighted by Crippen LogP contribution is -2.40. The average molecular weight is 435 g/mol. The number of nitrogens with one attached hydrogen (secondary N) is 1. The molecule has 2 aromatic carbocycles. The van der Waals surface area contributed by atoms with Crippen molar-refractivity contribution in [2.24, 2.45) is 0 Å². The monoisotopic (exact) mass is 435 g/mol. The molecule has 0 bridgehead atoms. The van der Waals surface area contributed by atoms with Crippen molar-refractivity contribution in [3.63, 3.8) is 0 Å². The summed E-state index contributed by atoms with van der Waals surface area (Å²) in [5.41, 5.74) is -1.37. The quantitative estimate of drug-likeness (QED) is 0.250. The summed E-state index contributed by atoms with van der Waals surface area (Å²) in [6.07, 6.45) is 1.14. The number of rotatable bonds is 3. The van der Waals surface area contributed by atoms with Crippen LogP contribution >= 0.6 is 0 Å². The van der Waals surface area contributed by atoms with E-state index in [1.165, 1.54) is 33.8 Å². The summed E-state index contributed by atoms with van der Waals surface area (Å²) in [5, 5.41) is 34.1. The van der Waals surface area contributed by atoms with E-state index in [0.717, 1.165) is 6.08 Å². The molecule has 0 saturated carbocycles. The second kappa shape index (κ2) is 6.98. The van der Waals surface area contributed by atoms with Gasteiger partial charge in [0, 0.05) is 17.3 Å². The van der Waals surface area contributed by atoms with Gasteiger partial charge in [-0.1, -0.05) is 12.1 Å². The van der Waals surface area contributed by atoms with E-state index >= 15 is 0 Å². The van der Waals surface area contributed by atoms with Crippen LogP contribution in [-0.4, -0.2) is 32.7 Å². The van der Waals surface area contributed by atoms with Crippen molar-refractivity contribution < 1.29 is 34.4 Å². The highest BCUT2D eigenvalue weighted by atomic mass is 16.5. The van der Waals surface area contributed by atoms with Crippen LogP contribution in [0, 0.1) is 6.92 Å². The molecule has 8 nitrogen and oxygen atoms in total. The SMILES string of the molecule is CC(=O)c1c(O)c(C)c(O)c2c1OC1=CC(=O)/C(=C(/C)Nc3ccccc3O)C(=O)C12C. The van der Waals surface area contributed by atoms with E-state index in [2.05, 4.69) is 5.32 Å². The smallest absolute Gasteiger partial charge is 0.194 e. The van der Waals surface area contributed by atoms with Gasteiger partial charge in [-0.05, 0) is 39.8 Å². The molecule has 2 aromatic rings. The molecule has 4 N–H and O–H groups in total. The Balaban J connectivity index is 1.93. The fourth-order valence-electron chi connectivity index (χ4n) is 4.21. The van der Waals surface area contributed by atoms with Gasteiger partial charge in [-0.25, -0.2) is 0 Å². The summed E-state index contributed by atoms with van der Waals surface area (Å²) in [7, 11) is 0. The minimum atomic E-state index is -1.59. The molecule has 0 aromatic heterocycles. The van der Waals surface area contributed by atoms with Crippen LogP contribution in [0.5, 0.6) is 23.0 Å². The maximum atomic E-state index is 13.7. The average Bonchev–Trinajstić information content (AvgIpc) is 3.01. The minimum Gasteiger partial charge on any atom is -0.507 e. The van der Waals surface area contributed by atoms with Gasteiger partial charge >= 0.3 is 0 Å². The topological polar surface area (TPSA) is 133 Å². The number of carbonyl (C=O) groups excluding carboxylic acids is 3. The van der Waals surface area contributed by atoms with E-state index in [9.17, 15) is 29.7 Å². The lowest BCUT2D eigenvalue weighted by atomic mass is 9.70. The normalized spacial score (nSPS) is 20.8. The second-order valence-electron chi connectivity index (χ2n) is 8.03. The molecule has 1 unspecified atom stereocenters. The predicted molar refractivity (Wildman–Crippen MR) is 115 cm³/mol. The Bertz CT molecular complexity index is 1300. The number of hydrogen-bond donors (Lipinski definition) is 4. The molecule has 0 fully saturated rings. The predicted octanol–water partition coefficient (Wildman–Crippen LogP) is 3.39. The number of fused-ring (bicyclic) bond motifs is 3. The first-order valence-electron chi connectivity index (χ1n) is 9.85. The lowest BCUT2D eigenvalue weighted by molar-refractivity contribution is -0.123. The van der Waals surface area contributed by atoms with E-state index < -0.39 is 28.5 Å². The second-order valence-corrected chi connectivity index (χ2v) is 8.03. The van der Waals surface area contributed by atoms with Crippen molar-refractivity contribution >= 4 is 23.0 Å². The molecule has 164 valence electrons. The maximum absolute atomic E-state index is 13.7. The number of ether oxygens (including phenoxy) is 1. The number of ketones is 3. The first-order chi connectivity index (χ1) is 15.0. The summed E-state index contributed by atoms with van der Waals surface area (Å²) < 4.78 is 5.72. The number of phenolic OH excluding ortho intramolecular Hbond substituents is 3. The zero-order valence-electron chi connectivity index (χ0n) is 17.9. The molecule has 1 atom stereocenters. The molecule has 0 spiro atoms. The molecule has 8 heteroatoms. The standard InChI is InChI=1S/C24H21NO7/c1-10-20(29)18(12(3)26)22-19(21(10)30)24(4)16(32-22)9-15(28)17(23(24)31)11(2)25-13-7-5-6-8-14(13)27/h5-9,25,27,29-30H,1-4H3/b17-11+. The zero-order valence-corrected chi connectivity index (χ0v) is 17.9. The van der Waals surface area contributed by atoms with Crippen LogP contribution in [0.2, 0.25) is 0 Å². The van der Waals surface area contributed by atoms with Gasteiger partial charge in [0.15, 0.2) is 17.3 Å². The van der Waals surface area contributed by atoms with Crippen molar-refractivity contribution in [3.8, 4) is 23.0 Å². The molecular weight excluding hydrogens is 414 g/mol. The van der Waals surface area contributed by atoms with Gasteiger partial charge in [-0.2, -0.15) is 0 Å². The van der Waals surface area contributed by atoms with Crippen molar-refractivity contribution in [2.45, 2.75) is 33.1 Å². The van der Waals surface area contributed by atoms with Gasteiger partial charge in [0.2, 0.25) is 0 Å². The summed E-state index contributed by atoms with van der Waals surface area (Å²) >= 11 is 0. The maximum Gasteiger partial charge on any atom is 0.194 e. The van der Waals surface area contributed by atoms with E-state index in [-0.39, 0.29) is 51.0 Å². The fraction of sp³-hybridized carbons (Fsp3) is 0.208. The summed E-state index contributed by atoms with van der Waals surface area (Å²) in [6, 6.07) is 6.37. The van der Waals surface area contributed by atoms with Gasteiger partial charge in [0.25, 0.3) is 0 Å². The largest absolute Gasteiger partial charge is 0.507 e. The third-order valence-corrected chi connectivity index (χ3v) is 5.99. The molecule has 4 rings (SSSR count). The molecule has 0 saturated heterocycles. The van der Waals surface area contributed by atoms with E-state index in [4.69, 9.17) is 4.74 Å². The van der Waals surface area contributed by atoms with Crippen molar-refractivity contribution in [2.75, 3.05) is 5.32 Å². The number of Topliss-reactive ketones (excluding diaryl/α,β-unsaturated/α-hetero) is 2. The highest BCUT2D eigenvalue weighted by Crippen LogP contribution is 2.57. The summed E-state index contributed by atoms with van der Waals surface area (Å²) in [4.78, 5) is 38.8. The van der Waals surface area contributed by atoms with Crippen LogP contribution in [0.15, 0.2) is 47.4 Å². The highest BCUT2D eigenvalue weighted by Gasteiger charge is 2.56. The number of carbonyl (C=O) groups is 3. The molecule has 1 aliphatic heterocycles. The van der Waals surface area contributed by atoms with Gasteiger partial charge in [-0.15, -0.1) is 0 Å². The Hall–Kier alpha value is -4.07. The summed E-state index contributed by atoms with van der Waals surface area (Å²) in [6.45, 7) is 5.67. The summed E-state index contributed by atoms with van der Waals surface area (Å²) in [5.74, 6) is -2.85. The van der Waals surface area contributed by atoms with Crippen LogP contribution in [0.1, 0.15) is 42.3 Å². The Morgan fingerprint density at radius 3 is 2.34 bits per heavy atom. The van der Waals surface area contributed by atoms with E-state index in [1.54, 1.807) is 18.2 Å². The molecule has 2 aliphatic rings. The van der Waals surface area contributed by atoms with Crippen LogP contribution in [-0.2, 0) is 15.0 Å². The number of anilines is 1. The van der Waals surface area contributed by atoms with Crippen LogP contribution in [0.25, 0.3) is 0 Å². The molecule has 0 radical (unpaired) electrons.